The Morgan fingerprint density at radius 3 is 2.71 bits per heavy atom. The van der Waals surface area contributed by atoms with Crippen molar-refractivity contribution in [2.75, 3.05) is 11.1 Å². The van der Waals surface area contributed by atoms with Crippen molar-refractivity contribution in [3.63, 3.8) is 0 Å². The Labute approximate surface area is 145 Å². The van der Waals surface area contributed by atoms with E-state index >= 15 is 0 Å². The number of aromatic amines is 1. The van der Waals surface area contributed by atoms with Crippen LogP contribution in [-0.4, -0.2) is 37.9 Å². The molecular weight excluding hydrogens is 356 g/mol. The lowest BCUT2D eigenvalue weighted by molar-refractivity contribution is -0.137. The molecule has 0 saturated heterocycles. The molecule has 0 bridgehead atoms. The molecule has 1 aromatic carbocycles. The highest BCUT2D eigenvalue weighted by Crippen LogP contribution is 2.21. The number of benzene rings is 1. The van der Waals surface area contributed by atoms with E-state index in [9.17, 15) is 14.4 Å². The van der Waals surface area contributed by atoms with E-state index in [-0.39, 0.29) is 35.4 Å². The van der Waals surface area contributed by atoms with Crippen LogP contribution >= 0.6 is 23.4 Å². The zero-order chi connectivity index (χ0) is 17.5. The standard InChI is InChI=1S/C14H13ClN4O4S/c15-8-3-1-2-4-9(8)16-11(20)7-24-14-17-13(23)10(18-19-14)5-6-12(21)22/h1-4H,5-7H2,(H,16,20)(H,21,22)(H,17,19,23). The van der Waals surface area contributed by atoms with Gasteiger partial charge in [-0.15, -0.1) is 10.2 Å². The molecule has 0 aliphatic rings. The number of halogens is 1. The number of rotatable bonds is 7. The minimum atomic E-state index is -1.02. The quantitative estimate of drug-likeness (QED) is 0.633. The summed E-state index contributed by atoms with van der Waals surface area (Å²) in [4.78, 5) is 36.6. The largest absolute Gasteiger partial charge is 0.481 e. The molecule has 0 atom stereocenters. The first-order valence-corrected chi connectivity index (χ1v) is 8.17. The molecule has 2 aromatic rings. The van der Waals surface area contributed by atoms with Gasteiger partial charge in [-0.2, -0.15) is 0 Å². The second kappa shape index (κ2) is 8.46. The van der Waals surface area contributed by atoms with E-state index < -0.39 is 11.5 Å². The number of amides is 1. The Morgan fingerprint density at radius 2 is 2.04 bits per heavy atom. The average molecular weight is 369 g/mol. The summed E-state index contributed by atoms with van der Waals surface area (Å²) in [6.45, 7) is 0. The van der Waals surface area contributed by atoms with E-state index in [1.807, 2.05) is 0 Å². The van der Waals surface area contributed by atoms with Crippen LogP contribution in [0.15, 0.2) is 34.2 Å². The smallest absolute Gasteiger partial charge is 0.303 e. The molecule has 0 saturated carbocycles. The van der Waals surface area contributed by atoms with Crippen molar-refractivity contribution in [2.24, 2.45) is 0 Å². The number of hydrogen-bond acceptors (Lipinski definition) is 6. The van der Waals surface area contributed by atoms with Crippen LogP contribution in [0.2, 0.25) is 5.02 Å². The van der Waals surface area contributed by atoms with Crippen LogP contribution in [0.3, 0.4) is 0 Å². The number of carbonyl (C=O) groups excluding carboxylic acids is 1. The second-order valence-corrected chi connectivity index (χ2v) is 5.99. The van der Waals surface area contributed by atoms with E-state index in [1.54, 1.807) is 24.3 Å². The summed E-state index contributed by atoms with van der Waals surface area (Å²) >= 11 is 6.94. The van der Waals surface area contributed by atoms with Crippen LogP contribution in [-0.2, 0) is 16.0 Å². The molecule has 2 rings (SSSR count). The van der Waals surface area contributed by atoms with E-state index in [4.69, 9.17) is 16.7 Å². The molecule has 1 amide bonds. The maximum atomic E-state index is 11.9. The fourth-order valence-electron chi connectivity index (χ4n) is 1.68. The summed E-state index contributed by atoms with van der Waals surface area (Å²) < 4.78 is 0. The minimum absolute atomic E-state index is 0.00428. The van der Waals surface area contributed by atoms with Gasteiger partial charge in [0.2, 0.25) is 5.91 Å². The number of carboxylic acid groups (broad SMARTS) is 1. The van der Waals surface area contributed by atoms with Gasteiger partial charge in [0.25, 0.3) is 5.56 Å². The van der Waals surface area contributed by atoms with Crippen LogP contribution in [0.5, 0.6) is 0 Å². The number of nitrogens with zero attached hydrogens (tertiary/aromatic N) is 2. The summed E-state index contributed by atoms with van der Waals surface area (Å²) in [6.07, 6.45) is -0.208. The monoisotopic (exact) mass is 368 g/mol. The van der Waals surface area contributed by atoms with Crippen molar-refractivity contribution >= 4 is 40.9 Å². The number of aryl methyl sites for hydroxylation is 1. The third-order valence-corrected chi connectivity index (χ3v) is 4.00. The first-order chi connectivity index (χ1) is 11.5. The van der Waals surface area contributed by atoms with Crippen LogP contribution in [0.1, 0.15) is 12.1 Å². The zero-order valence-electron chi connectivity index (χ0n) is 12.3. The molecule has 0 aliphatic carbocycles. The lowest BCUT2D eigenvalue weighted by atomic mass is 10.2. The third-order valence-electron chi connectivity index (χ3n) is 2.81. The van der Waals surface area contributed by atoms with Gasteiger partial charge in [0.05, 0.1) is 22.9 Å². The highest BCUT2D eigenvalue weighted by molar-refractivity contribution is 7.99. The summed E-state index contributed by atoms with van der Waals surface area (Å²) in [7, 11) is 0. The van der Waals surface area contributed by atoms with E-state index in [1.165, 1.54) is 0 Å². The van der Waals surface area contributed by atoms with Gasteiger partial charge in [-0.3, -0.25) is 19.4 Å². The van der Waals surface area contributed by atoms with Crippen molar-refractivity contribution in [2.45, 2.75) is 18.0 Å². The highest BCUT2D eigenvalue weighted by Gasteiger charge is 2.10. The van der Waals surface area contributed by atoms with Gasteiger partial charge < -0.3 is 10.4 Å². The number of aliphatic carboxylic acids is 1. The Hall–Kier alpha value is -2.39. The lowest BCUT2D eigenvalue weighted by Crippen LogP contribution is -2.20. The summed E-state index contributed by atoms with van der Waals surface area (Å²) in [5.74, 6) is -1.33. The number of para-hydroxylation sites is 1. The molecule has 0 spiro atoms. The van der Waals surface area contributed by atoms with Gasteiger partial charge in [0.1, 0.15) is 5.69 Å². The fraction of sp³-hybridized carbons (Fsp3) is 0.214. The van der Waals surface area contributed by atoms with Gasteiger partial charge in [-0.25, -0.2) is 0 Å². The predicted molar refractivity (Wildman–Crippen MR) is 89.4 cm³/mol. The highest BCUT2D eigenvalue weighted by atomic mass is 35.5. The fourth-order valence-corrected chi connectivity index (χ4v) is 2.47. The van der Waals surface area contributed by atoms with Crippen LogP contribution in [0.4, 0.5) is 5.69 Å². The molecule has 8 nitrogen and oxygen atoms in total. The number of carboxylic acids is 1. The predicted octanol–water partition coefficient (Wildman–Crippen LogP) is 1.57. The van der Waals surface area contributed by atoms with E-state index in [0.29, 0.717) is 10.7 Å². The van der Waals surface area contributed by atoms with Gasteiger partial charge in [0.15, 0.2) is 5.16 Å². The Morgan fingerprint density at radius 1 is 1.29 bits per heavy atom. The molecule has 0 radical (unpaired) electrons. The second-order valence-electron chi connectivity index (χ2n) is 4.62. The summed E-state index contributed by atoms with van der Waals surface area (Å²) in [5.41, 5.74) is 0.0240. The molecule has 3 N–H and O–H groups in total. The first-order valence-electron chi connectivity index (χ1n) is 6.80. The molecule has 10 heteroatoms. The number of H-pyrrole nitrogens is 1. The van der Waals surface area contributed by atoms with Crippen molar-refractivity contribution in [3.8, 4) is 0 Å². The van der Waals surface area contributed by atoms with Gasteiger partial charge >= 0.3 is 5.97 Å². The van der Waals surface area contributed by atoms with Gasteiger partial charge in [-0.05, 0) is 12.1 Å². The topological polar surface area (TPSA) is 125 Å². The van der Waals surface area contributed by atoms with Crippen molar-refractivity contribution in [1.29, 1.82) is 0 Å². The number of thioether (sulfide) groups is 1. The number of anilines is 1. The van der Waals surface area contributed by atoms with Crippen molar-refractivity contribution in [1.82, 2.24) is 15.2 Å². The van der Waals surface area contributed by atoms with Crippen LogP contribution in [0.25, 0.3) is 0 Å². The molecule has 24 heavy (non-hydrogen) atoms. The maximum Gasteiger partial charge on any atom is 0.303 e. The van der Waals surface area contributed by atoms with Crippen molar-refractivity contribution < 1.29 is 14.7 Å². The molecular formula is C14H13ClN4O4S. The van der Waals surface area contributed by atoms with E-state index in [0.717, 1.165) is 11.8 Å². The summed E-state index contributed by atoms with van der Waals surface area (Å²) in [5, 5.41) is 19.3. The van der Waals surface area contributed by atoms with Gasteiger partial charge in [-0.1, -0.05) is 35.5 Å². The van der Waals surface area contributed by atoms with Gasteiger partial charge in [0, 0.05) is 6.42 Å². The first kappa shape index (κ1) is 18.0. The number of carbonyl (C=O) groups is 2. The minimum Gasteiger partial charge on any atom is -0.481 e. The number of nitrogens with one attached hydrogen (secondary N) is 2. The molecule has 126 valence electrons. The molecule has 1 heterocycles. The normalized spacial score (nSPS) is 10.4. The third kappa shape index (κ3) is 5.36. The molecule has 0 fully saturated rings. The zero-order valence-corrected chi connectivity index (χ0v) is 13.9. The van der Waals surface area contributed by atoms with Crippen molar-refractivity contribution in [3.05, 3.63) is 45.3 Å². The molecule has 0 unspecified atom stereocenters. The van der Waals surface area contributed by atoms with Crippen LogP contribution < -0.4 is 10.9 Å². The molecule has 1 aromatic heterocycles. The molecule has 0 aliphatic heterocycles. The number of aromatic nitrogens is 3. The summed E-state index contributed by atoms with van der Waals surface area (Å²) in [6, 6.07) is 6.82. The van der Waals surface area contributed by atoms with E-state index in [2.05, 4.69) is 20.5 Å². The average Bonchev–Trinajstić information content (AvgIpc) is 2.54. The SMILES string of the molecule is O=C(O)CCc1nnc(SCC(=O)Nc2ccccc2Cl)[nH]c1=O. The van der Waals surface area contributed by atoms with Crippen LogP contribution in [0, 0.1) is 0 Å². The Balaban J connectivity index is 1.91. The Bertz CT molecular complexity index is 811. The number of hydrogen-bond donors (Lipinski definition) is 3. The Kier molecular flexibility index (Phi) is 6.33. The lowest BCUT2D eigenvalue weighted by Gasteiger charge is -2.06. The maximum absolute atomic E-state index is 11.9.